The van der Waals surface area contributed by atoms with Crippen molar-refractivity contribution in [1.82, 2.24) is 25.4 Å². The molecule has 0 radical (unpaired) electrons. The van der Waals surface area contributed by atoms with Crippen LogP contribution in [0.1, 0.15) is 72.5 Å². The second kappa shape index (κ2) is 12.2. The first kappa shape index (κ1) is 28.4. The predicted octanol–water partition coefficient (Wildman–Crippen LogP) is 5.56. The van der Waals surface area contributed by atoms with Crippen molar-refractivity contribution in [2.24, 2.45) is 0 Å². The third kappa shape index (κ3) is 5.95. The zero-order valence-electron chi connectivity index (χ0n) is 24.1. The van der Waals surface area contributed by atoms with Gasteiger partial charge in [-0.3, -0.25) is 14.3 Å². The van der Waals surface area contributed by atoms with Crippen LogP contribution in [-0.4, -0.2) is 39.7 Å². The van der Waals surface area contributed by atoms with E-state index in [4.69, 9.17) is 15.6 Å². The van der Waals surface area contributed by atoms with E-state index in [2.05, 4.69) is 32.5 Å². The van der Waals surface area contributed by atoms with Crippen molar-refractivity contribution in [1.29, 1.82) is 0 Å². The van der Waals surface area contributed by atoms with E-state index in [0.29, 0.717) is 18.0 Å². The normalized spacial score (nSPS) is 19.4. The van der Waals surface area contributed by atoms with E-state index in [1.807, 2.05) is 24.3 Å². The van der Waals surface area contributed by atoms with E-state index in [-0.39, 0.29) is 30.1 Å². The number of aromatic nitrogens is 3. The van der Waals surface area contributed by atoms with Crippen molar-refractivity contribution in [3.8, 4) is 17.0 Å². The summed E-state index contributed by atoms with van der Waals surface area (Å²) >= 11 is 0. The maximum Gasteiger partial charge on any atom is 0.255 e. The fourth-order valence-corrected chi connectivity index (χ4v) is 6.13. The van der Waals surface area contributed by atoms with E-state index in [1.54, 1.807) is 6.20 Å². The fraction of sp³-hybridized carbons (Fsp3) is 0.333. The average Bonchev–Trinajstić information content (AvgIpc) is 3.43. The van der Waals surface area contributed by atoms with Gasteiger partial charge in [0, 0.05) is 36.3 Å². The van der Waals surface area contributed by atoms with Crippen LogP contribution < -0.4 is 21.1 Å². The number of hydrogen-bond donors (Lipinski definition) is 3. The van der Waals surface area contributed by atoms with Crippen LogP contribution in [0.15, 0.2) is 54.7 Å². The lowest BCUT2D eigenvalue weighted by molar-refractivity contribution is -0.122. The van der Waals surface area contributed by atoms with Crippen molar-refractivity contribution >= 4 is 34.6 Å². The van der Waals surface area contributed by atoms with Crippen molar-refractivity contribution < 1.29 is 18.7 Å². The molecule has 1 saturated carbocycles. The largest absolute Gasteiger partial charge is 0.496 e. The molecule has 3 heterocycles. The molecule has 1 aliphatic carbocycles. The van der Waals surface area contributed by atoms with Crippen LogP contribution in [-0.2, 0) is 11.3 Å². The number of anilines is 1. The number of nitrogen functional groups attached to an aromatic ring is 1. The topological polar surface area (TPSA) is 124 Å². The minimum absolute atomic E-state index is 0.110. The number of allylic oxidation sites excluding steroid dienone is 1. The molecule has 0 saturated heterocycles. The molecule has 1 fully saturated rings. The smallest absolute Gasteiger partial charge is 0.255 e. The first-order valence-electron chi connectivity index (χ1n) is 14.7. The number of amides is 2. The van der Waals surface area contributed by atoms with Gasteiger partial charge in [0.15, 0.2) is 0 Å². The summed E-state index contributed by atoms with van der Waals surface area (Å²) < 4.78 is 21.1. The Morgan fingerprint density at radius 2 is 2.02 bits per heavy atom. The molecule has 2 aliphatic rings. The summed E-state index contributed by atoms with van der Waals surface area (Å²) in [5, 5.41) is 12.0. The molecule has 4 N–H and O–H groups in total. The molecule has 2 aromatic carbocycles. The molecule has 10 heteroatoms. The average molecular weight is 583 g/mol. The summed E-state index contributed by atoms with van der Waals surface area (Å²) in [6.45, 7) is 0.252. The second-order valence-electron chi connectivity index (χ2n) is 11.2. The van der Waals surface area contributed by atoms with E-state index < -0.39 is 11.7 Å². The van der Waals surface area contributed by atoms with Crippen LogP contribution in [0.5, 0.6) is 5.75 Å². The van der Waals surface area contributed by atoms with Gasteiger partial charge in [0.1, 0.15) is 23.1 Å². The van der Waals surface area contributed by atoms with Gasteiger partial charge in [-0.05, 0) is 62.3 Å². The first-order chi connectivity index (χ1) is 20.9. The molecule has 0 unspecified atom stereocenters. The molecule has 6 rings (SSSR count). The summed E-state index contributed by atoms with van der Waals surface area (Å²) in [6.07, 6.45) is 11.8. The lowest BCUT2D eigenvalue weighted by atomic mass is 9.90. The highest BCUT2D eigenvalue weighted by Crippen LogP contribution is 2.39. The maximum absolute atomic E-state index is 13.8. The zero-order valence-corrected chi connectivity index (χ0v) is 24.1. The quantitative estimate of drug-likeness (QED) is 0.283. The molecule has 222 valence electrons. The molecular formula is C33H35FN6O3. The van der Waals surface area contributed by atoms with Gasteiger partial charge in [0.25, 0.3) is 5.91 Å². The fourth-order valence-electron chi connectivity index (χ4n) is 6.13. The van der Waals surface area contributed by atoms with Crippen LogP contribution in [0.4, 0.5) is 10.2 Å². The molecule has 2 atom stereocenters. The van der Waals surface area contributed by atoms with Crippen molar-refractivity contribution in [3.05, 3.63) is 77.2 Å². The molecule has 1 aliphatic heterocycles. The number of carbonyl (C=O) groups is 2. The number of halogens is 1. The van der Waals surface area contributed by atoms with Crippen LogP contribution in [0.2, 0.25) is 0 Å². The van der Waals surface area contributed by atoms with E-state index in [0.717, 1.165) is 77.9 Å². The number of pyridine rings is 1. The molecule has 9 nitrogen and oxygen atoms in total. The van der Waals surface area contributed by atoms with Crippen molar-refractivity contribution in [3.63, 3.8) is 0 Å². The molecule has 43 heavy (non-hydrogen) atoms. The van der Waals surface area contributed by atoms with Gasteiger partial charge in [-0.2, -0.15) is 5.10 Å². The summed E-state index contributed by atoms with van der Waals surface area (Å²) in [6, 6.07) is 11.8. The van der Waals surface area contributed by atoms with Crippen LogP contribution in [0, 0.1) is 5.82 Å². The number of hydrogen-bond acceptors (Lipinski definition) is 6. The van der Waals surface area contributed by atoms with Gasteiger partial charge >= 0.3 is 0 Å². The van der Waals surface area contributed by atoms with Crippen molar-refractivity contribution in [2.45, 2.75) is 63.6 Å². The second-order valence-corrected chi connectivity index (χ2v) is 11.2. The van der Waals surface area contributed by atoms with Crippen molar-refractivity contribution in [2.75, 3.05) is 12.8 Å². The molecule has 4 aromatic rings. The number of nitrogens with two attached hydrogens (primary N) is 1. The number of benzene rings is 2. The molecule has 0 spiro atoms. The number of ether oxygens (including phenoxy) is 1. The van der Waals surface area contributed by atoms with E-state index in [1.165, 1.54) is 19.2 Å². The van der Waals surface area contributed by atoms with Crippen LogP contribution in [0.3, 0.4) is 0 Å². The highest BCUT2D eigenvalue weighted by atomic mass is 19.1. The third-order valence-corrected chi connectivity index (χ3v) is 8.30. The Morgan fingerprint density at radius 1 is 1.19 bits per heavy atom. The maximum atomic E-state index is 13.8. The molecule has 2 bridgehead atoms. The minimum Gasteiger partial charge on any atom is -0.496 e. The number of rotatable bonds is 5. The Morgan fingerprint density at radius 3 is 2.84 bits per heavy atom. The summed E-state index contributed by atoms with van der Waals surface area (Å²) in [5.41, 5.74) is 11.0. The van der Waals surface area contributed by atoms with Gasteiger partial charge in [0.05, 0.1) is 29.6 Å². The SMILES string of the molecule is COc1ccc(F)cc1C(=O)NCc1ccc(-c2nn3c4c(cnc(N)c24)/C=C/CCCC(=O)N[C@@H]2CCC[C@@H]3C2)cc1. The molecule has 2 amide bonds. The Kier molecular flexibility index (Phi) is 8.09. The van der Waals surface area contributed by atoms with Crippen LogP contribution >= 0.6 is 0 Å². The summed E-state index contributed by atoms with van der Waals surface area (Å²) in [5.74, 6) is -0.101. The highest BCUT2D eigenvalue weighted by molar-refractivity contribution is 6.03. The predicted molar refractivity (Wildman–Crippen MR) is 164 cm³/mol. The Labute approximate surface area is 249 Å². The van der Waals surface area contributed by atoms with E-state index in [9.17, 15) is 14.0 Å². The number of nitrogens with zero attached hydrogens (tertiary/aromatic N) is 3. The number of methoxy groups -OCH3 is 1. The standard InChI is InChI=1S/C33H35FN6O3/c1-43-27-15-14-23(34)16-26(27)33(42)37-18-20-10-12-21(13-11-20)30-29-31-22(19-36-32(29)35)6-3-2-4-9-28(41)38-24-7-5-8-25(17-24)40(31)39-30/h3,6,10-16,19,24-25H,2,4-5,7-9,17-18H2,1H3,(H2,35,36)(H,37,42)(H,38,41)/b6-3+/t24-,25-/m1/s1. The molecular weight excluding hydrogens is 547 g/mol. The summed E-state index contributed by atoms with van der Waals surface area (Å²) in [7, 11) is 1.44. The third-order valence-electron chi connectivity index (χ3n) is 8.30. The minimum atomic E-state index is -0.508. The van der Waals surface area contributed by atoms with Gasteiger partial charge in [-0.1, -0.05) is 36.4 Å². The number of nitrogens with one attached hydrogen (secondary N) is 2. The van der Waals surface area contributed by atoms with Gasteiger partial charge in [-0.15, -0.1) is 0 Å². The number of carbonyl (C=O) groups excluding carboxylic acids is 2. The lowest BCUT2D eigenvalue weighted by Crippen LogP contribution is -2.39. The van der Waals surface area contributed by atoms with Gasteiger partial charge < -0.3 is 21.1 Å². The lowest BCUT2D eigenvalue weighted by Gasteiger charge is -2.30. The first-order valence-corrected chi connectivity index (χ1v) is 14.7. The Bertz CT molecular complexity index is 1700. The Hall–Kier alpha value is -4.73. The zero-order chi connectivity index (χ0) is 29.9. The summed E-state index contributed by atoms with van der Waals surface area (Å²) in [4.78, 5) is 29.8. The monoisotopic (exact) mass is 582 g/mol. The van der Waals surface area contributed by atoms with Crippen LogP contribution in [0.25, 0.3) is 28.2 Å². The number of fused-ring (bicyclic) bond motifs is 3. The van der Waals surface area contributed by atoms with Gasteiger partial charge in [-0.25, -0.2) is 9.37 Å². The highest BCUT2D eigenvalue weighted by Gasteiger charge is 2.29. The molecule has 2 aromatic heterocycles. The van der Waals surface area contributed by atoms with E-state index >= 15 is 0 Å². The Balaban J connectivity index is 1.32. The van der Waals surface area contributed by atoms with Gasteiger partial charge in [0.2, 0.25) is 5.91 Å².